The summed E-state index contributed by atoms with van der Waals surface area (Å²) in [5.74, 6) is 0.272. The van der Waals surface area contributed by atoms with E-state index in [0.29, 0.717) is 24.3 Å². The Morgan fingerprint density at radius 1 is 1.04 bits per heavy atom. The third-order valence-corrected chi connectivity index (χ3v) is 3.41. The van der Waals surface area contributed by atoms with E-state index in [-0.39, 0.29) is 17.9 Å². The van der Waals surface area contributed by atoms with Crippen LogP contribution in [0.15, 0.2) is 12.7 Å². The van der Waals surface area contributed by atoms with Crippen molar-refractivity contribution in [3.05, 3.63) is 12.7 Å². The maximum atomic E-state index is 12.2. The fourth-order valence-electron chi connectivity index (χ4n) is 2.06. The van der Waals surface area contributed by atoms with Gasteiger partial charge in [0.1, 0.15) is 12.7 Å². The molecule has 3 N–H and O–H groups in total. The summed E-state index contributed by atoms with van der Waals surface area (Å²) in [5, 5.41) is 8.17. The first-order valence-corrected chi connectivity index (χ1v) is 8.18. The van der Waals surface area contributed by atoms with Crippen molar-refractivity contribution in [2.24, 2.45) is 0 Å². The van der Waals surface area contributed by atoms with E-state index in [9.17, 15) is 9.59 Å². The van der Waals surface area contributed by atoms with Gasteiger partial charge in [-0.1, -0.05) is 26.7 Å². The van der Waals surface area contributed by atoms with Crippen LogP contribution >= 0.6 is 0 Å². The minimum Gasteiger partial charge on any atom is -0.338 e. The first-order chi connectivity index (χ1) is 11.7. The molecule has 0 radical (unpaired) electrons. The Balaban J connectivity index is 2.10. The highest BCUT2D eigenvalue weighted by Gasteiger charge is 2.15. The first-order valence-electron chi connectivity index (χ1n) is 8.18. The van der Waals surface area contributed by atoms with Crippen LogP contribution in [0, 0.1) is 0 Å². The van der Waals surface area contributed by atoms with Gasteiger partial charge in [-0.25, -0.2) is 29.1 Å². The van der Waals surface area contributed by atoms with Crippen LogP contribution in [0.2, 0.25) is 0 Å². The molecule has 130 valence electrons. The molecule has 0 aromatic carbocycles. The number of carbonyl (C=O) groups excluding carboxylic acids is 2. The number of urea groups is 1. The number of nitrogens with one attached hydrogen (secondary N) is 3. The number of unbranched alkanes of at least 4 members (excludes halogenated alkanes) is 2. The fraction of sp³-hybridized carbons (Fsp3) is 0.533. The number of anilines is 1. The molecule has 0 unspecified atom stereocenters. The van der Waals surface area contributed by atoms with E-state index in [1.165, 1.54) is 17.2 Å². The summed E-state index contributed by atoms with van der Waals surface area (Å²) < 4.78 is 1.31. The number of hydrogen-bond donors (Lipinski definition) is 3. The highest BCUT2D eigenvalue weighted by molar-refractivity contribution is 5.98. The Morgan fingerprint density at radius 2 is 1.75 bits per heavy atom. The molecule has 0 aliphatic heterocycles. The van der Waals surface area contributed by atoms with Gasteiger partial charge in [0.05, 0.1) is 0 Å². The summed E-state index contributed by atoms with van der Waals surface area (Å²) in [4.78, 5) is 36.3. The second-order valence-corrected chi connectivity index (χ2v) is 5.33. The van der Waals surface area contributed by atoms with Crippen molar-refractivity contribution >= 4 is 29.0 Å². The van der Waals surface area contributed by atoms with E-state index in [1.54, 1.807) is 0 Å². The lowest BCUT2D eigenvalue weighted by molar-refractivity contribution is 0.243. The maximum Gasteiger partial charge on any atom is 0.328 e. The standard InChI is InChI=1S/C15H23N7O2/c1-3-5-7-16-14(23)21-12-11-13(19-9-18-12)22(10-20-11)15(24)17-8-6-4-2/h9-10H,3-8H2,1-2H3,(H,17,24)(H2,16,18,19,21,23). The smallest absolute Gasteiger partial charge is 0.328 e. The lowest BCUT2D eigenvalue weighted by Crippen LogP contribution is -2.30. The van der Waals surface area contributed by atoms with Crippen molar-refractivity contribution < 1.29 is 9.59 Å². The lowest BCUT2D eigenvalue weighted by Gasteiger charge is -2.07. The van der Waals surface area contributed by atoms with E-state index in [2.05, 4.69) is 37.8 Å². The van der Waals surface area contributed by atoms with Gasteiger partial charge in [-0.3, -0.25) is 5.32 Å². The lowest BCUT2D eigenvalue weighted by atomic mass is 10.3. The molecule has 2 aromatic heterocycles. The number of fused-ring (bicyclic) bond motifs is 1. The second-order valence-electron chi connectivity index (χ2n) is 5.33. The SMILES string of the molecule is CCCCNC(=O)Nc1ncnc2c1ncn2C(=O)NCCCC. The van der Waals surface area contributed by atoms with Crippen molar-refractivity contribution in [2.75, 3.05) is 18.4 Å². The summed E-state index contributed by atoms with van der Waals surface area (Å²) in [5.41, 5.74) is 0.719. The molecule has 0 spiro atoms. The Morgan fingerprint density at radius 3 is 2.46 bits per heavy atom. The fourth-order valence-corrected chi connectivity index (χ4v) is 2.06. The Bertz CT molecular complexity index is 698. The molecule has 0 saturated heterocycles. The average molecular weight is 333 g/mol. The third kappa shape index (κ3) is 4.40. The van der Waals surface area contributed by atoms with Crippen molar-refractivity contribution in [3.8, 4) is 0 Å². The van der Waals surface area contributed by atoms with Gasteiger partial charge in [0.15, 0.2) is 17.0 Å². The predicted octanol–water partition coefficient (Wildman–Crippen LogP) is 2.11. The zero-order valence-electron chi connectivity index (χ0n) is 14.0. The zero-order valence-corrected chi connectivity index (χ0v) is 14.0. The normalized spacial score (nSPS) is 10.6. The number of aromatic nitrogens is 4. The summed E-state index contributed by atoms with van der Waals surface area (Å²) in [6.45, 7) is 5.27. The van der Waals surface area contributed by atoms with Gasteiger partial charge in [-0.2, -0.15) is 0 Å². The van der Waals surface area contributed by atoms with E-state index < -0.39 is 0 Å². The molecule has 2 rings (SSSR count). The number of imidazole rings is 1. The monoisotopic (exact) mass is 333 g/mol. The van der Waals surface area contributed by atoms with Crippen molar-refractivity contribution in [1.82, 2.24) is 30.2 Å². The van der Waals surface area contributed by atoms with Crippen LogP contribution in [0.4, 0.5) is 15.4 Å². The molecule has 3 amide bonds. The Hall–Kier alpha value is -2.71. The predicted molar refractivity (Wildman–Crippen MR) is 91.0 cm³/mol. The highest BCUT2D eigenvalue weighted by Crippen LogP contribution is 2.16. The van der Waals surface area contributed by atoms with Crippen molar-refractivity contribution in [2.45, 2.75) is 39.5 Å². The van der Waals surface area contributed by atoms with Gasteiger partial charge in [0.25, 0.3) is 0 Å². The summed E-state index contributed by atoms with van der Waals surface area (Å²) in [6, 6.07) is -0.659. The van der Waals surface area contributed by atoms with Gasteiger partial charge in [0.2, 0.25) is 0 Å². The number of carbonyl (C=O) groups is 2. The maximum absolute atomic E-state index is 12.2. The molecule has 0 aliphatic rings. The largest absolute Gasteiger partial charge is 0.338 e. The van der Waals surface area contributed by atoms with Crippen LogP contribution in [-0.4, -0.2) is 44.7 Å². The molecule has 9 heteroatoms. The van der Waals surface area contributed by atoms with Crippen LogP contribution in [0.25, 0.3) is 11.2 Å². The summed E-state index contributed by atoms with van der Waals surface area (Å²) in [7, 11) is 0. The van der Waals surface area contributed by atoms with E-state index in [4.69, 9.17) is 0 Å². The third-order valence-electron chi connectivity index (χ3n) is 3.41. The van der Waals surface area contributed by atoms with Crippen molar-refractivity contribution in [3.63, 3.8) is 0 Å². The minimum absolute atomic E-state index is 0.272. The molecule has 0 saturated carbocycles. The van der Waals surface area contributed by atoms with Gasteiger partial charge >= 0.3 is 12.1 Å². The number of amides is 3. The number of nitrogens with zero attached hydrogens (tertiary/aromatic N) is 4. The van der Waals surface area contributed by atoms with E-state index in [0.717, 1.165) is 25.7 Å². The molecular formula is C15H23N7O2. The first kappa shape index (κ1) is 17.6. The van der Waals surface area contributed by atoms with Crippen LogP contribution < -0.4 is 16.0 Å². The van der Waals surface area contributed by atoms with Crippen LogP contribution in [0.3, 0.4) is 0 Å². The zero-order chi connectivity index (χ0) is 17.4. The molecule has 2 heterocycles. The van der Waals surface area contributed by atoms with Gasteiger partial charge in [-0.15, -0.1) is 0 Å². The Kier molecular flexibility index (Phi) is 6.47. The van der Waals surface area contributed by atoms with Gasteiger partial charge in [-0.05, 0) is 12.8 Å². The number of hydrogen-bond acceptors (Lipinski definition) is 5. The number of rotatable bonds is 7. The molecule has 2 aromatic rings. The van der Waals surface area contributed by atoms with Crippen LogP contribution in [0.5, 0.6) is 0 Å². The van der Waals surface area contributed by atoms with Gasteiger partial charge < -0.3 is 10.6 Å². The van der Waals surface area contributed by atoms with Crippen LogP contribution in [-0.2, 0) is 0 Å². The molecule has 24 heavy (non-hydrogen) atoms. The van der Waals surface area contributed by atoms with E-state index in [1.807, 2.05) is 6.92 Å². The van der Waals surface area contributed by atoms with Crippen LogP contribution in [0.1, 0.15) is 39.5 Å². The topological polar surface area (TPSA) is 114 Å². The molecule has 9 nitrogen and oxygen atoms in total. The molecular weight excluding hydrogens is 310 g/mol. The van der Waals surface area contributed by atoms with E-state index >= 15 is 0 Å². The molecule has 0 aliphatic carbocycles. The van der Waals surface area contributed by atoms with Gasteiger partial charge in [0, 0.05) is 13.1 Å². The minimum atomic E-state index is -0.356. The molecule has 0 atom stereocenters. The summed E-state index contributed by atoms with van der Waals surface area (Å²) >= 11 is 0. The molecule has 0 bridgehead atoms. The highest BCUT2D eigenvalue weighted by atomic mass is 16.2. The summed E-state index contributed by atoms with van der Waals surface area (Å²) in [6.07, 6.45) is 6.46. The Labute approximate surface area is 140 Å². The molecule has 0 fully saturated rings. The van der Waals surface area contributed by atoms with Crippen molar-refractivity contribution in [1.29, 1.82) is 0 Å². The second kappa shape index (κ2) is 8.80. The quantitative estimate of drug-likeness (QED) is 0.671. The average Bonchev–Trinajstić information content (AvgIpc) is 3.00.